The van der Waals surface area contributed by atoms with Crippen molar-refractivity contribution < 1.29 is 4.39 Å². The number of nitrogens with zero attached hydrogens (tertiary/aromatic N) is 4. The van der Waals surface area contributed by atoms with E-state index in [0.717, 1.165) is 36.7 Å². The van der Waals surface area contributed by atoms with E-state index in [-0.39, 0.29) is 5.82 Å². The van der Waals surface area contributed by atoms with Gasteiger partial charge in [0.1, 0.15) is 11.6 Å². The fourth-order valence-electron chi connectivity index (χ4n) is 3.21. The summed E-state index contributed by atoms with van der Waals surface area (Å²) in [5.74, 6) is 1.31. The van der Waals surface area contributed by atoms with Crippen molar-refractivity contribution >= 4 is 5.82 Å². The molecule has 3 heterocycles. The van der Waals surface area contributed by atoms with E-state index >= 15 is 0 Å². The molecule has 6 nitrogen and oxygen atoms in total. The molecule has 0 bridgehead atoms. The van der Waals surface area contributed by atoms with Gasteiger partial charge in [0.15, 0.2) is 0 Å². The van der Waals surface area contributed by atoms with E-state index in [1.54, 1.807) is 35.4 Å². The number of hydrogen-bond acceptors (Lipinski definition) is 4. The molecule has 25 heavy (non-hydrogen) atoms. The summed E-state index contributed by atoms with van der Waals surface area (Å²) in [7, 11) is 0. The highest BCUT2D eigenvalue weighted by molar-refractivity contribution is 5.38. The maximum absolute atomic E-state index is 14.3. The van der Waals surface area contributed by atoms with Gasteiger partial charge in [-0.2, -0.15) is 5.10 Å². The van der Waals surface area contributed by atoms with Crippen molar-refractivity contribution in [1.29, 1.82) is 0 Å². The molecular weight excluding hydrogens is 319 g/mol. The van der Waals surface area contributed by atoms with Crippen LogP contribution in [-0.4, -0.2) is 32.4 Å². The van der Waals surface area contributed by atoms with E-state index in [0.29, 0.717) is 18.2 Å². The first-order chi connectivity index (χ1) is 12.2. The molecule has 1 atom stereocenters. The van der Waals surface area contributed by atoms with Crippen molar-refractivity contribution in [1.82, 2.24) is 24.6 Å². The third kappa shape index (κ3) is 3.41. The van der Waals surface area contributed by atoms with Crippen LogP contribution in [0.4, 0.5) is 10.2 Å². The third-order valence-electron chi connectivity index (χ3n) is 4.46. The summed E-state index contributed by atoms with van der Waals surface area (Å²) < 4.78 is 18.0. The molecule has 1 aromatic carbocycles. The minimum Gasteiger partial charge on any atom is -0.370 e. The minimum absolute atomic E-state index is 0.242. The fraction of sp³-hybridized carbons (Fsp3) is 0.333. The van der Waals surface area contributed by atoms with Crippen LogP contribution in [0.1, 0.15) is 11.3 Å². The van der Waals surface area contributed by atoms with Gasteiger partial charge in [-0.1, -0.05) is 6.07 Å². The molecule has 2 aromatic heterocycles. The number of aryl methyl sites for hydroxylation is 1. The molecule has 0 radical (unpaired) electrons. The maximum Gasteiger partial charge on any atom is 0.147 e. The fourth-order valence-corrected chi connectivity index (χ4v) is 3.21. The van der Waals surface area contributed by atoms with Crippen LogP contribution in [0.5, 0.6) is 0 Å². The van der Waals surface area contributed by atoms with E-state index in [4.69, 9.17) is 0 Å². The van der Waals surface area contributed by atoms with Crippen LogP contribution in [0.25, 0.3) is 5.69 Å². The SMILES string of the molecule is Cc1cc2n(n1)C[C@H](CNCc1ccc(-n3ccnc3)c(F)c1)CN2. The summed E-state index contributed by atoms with van der Waals surface area (Å²) in [4.78, 5) is 3.95. The van der Waals surface area contributed by atoms with Gasteiger partial charge in [-0.25, -0.2) is 14.1 Å². The van der Waals surface area contributed by atoms with Crippen molar-refractivity contribution in [3.8, 4) is 5.69 Å². The summed E-state index contributed by atoms with van der Waals surface area (Å²) in [6.45, 7) is 5.32. The second-order valence-electron chi connectivity index (χ2n) is 6.49. The van der Waals surface area contributed by atoms with Crippen LogP contribution >= 0.6 is 0 Å². The molecule has 130 valence electrons. The lowest BCUT2D eigenvalue weighted by Crippen LogP contribution is -2.35. The maximum atomic E-state index is 14.3. The van der Waals surface area contributed by atoms with E-state index in [2.05, 4.69) is 26.8 Å². The lowest BCUT2D eigenvalue weighted by molar-refractivity contribution is 0.390. The molecule has 4 rings (SSSR count). The van der Waals surface area contributed by atoms with Crippen LogP contribution in [-0.2, 0) is 13.1 Å². The number of hydrogen-bond donors (Lipinski definition) is 2. The Kier molecular flexibility index (Phi) is 4.23. The molecule has 0 aliphatic carbocycles. The number of aromatic nitrogens is 4. The third-order valence-corrected chi connectivity index (χ3v) is 4.46. The predicted octanol–water partition coefficient (Wildman–Crippen LogP) is 2.35. The van der Waals surface area contributed by atoms with E-state index in [9.17, 15) is 4.39 Å². The second-order valence-corrected chi connectivity index (χ2v) is 6.49. The van der Waals surface area contributed by atoms with E-state index in [1.807, 2.05) is 17.7 Å². The summed E-state index contributed by atoms with van der Waals surface area (Å²) in [5.41, 5.74) is 2.48. The minimum atomic E-state index is -0.242. The first-order valence-corrected chi connectivity index (χ1v) is 8.45. The van der Waals surface area contributed by atoms with Gasteiger partial charge in [-0.05, 0) is 24.6 Å². The van der Waals surface area contributed by atoms with Crippen molar-refractivity contribution in [3.05, 3.63) is 60.1 Å². The molecule has 1 aliphatic rings. The van der Waals surface area contributed by atoms with Crippen molar-refractivity contribution in [2.75, 3.05) is 18.4 Å². The Hall–Kier alpha value is -2.67. The molecule has 0 spiro atoms. The molecule has 0 unspecified atom stereocenters. The Morgan fingerprint density at radius 1 is 1.36 bits per heavy atom. The van der Waals surface area contributed by atoms with Gasteiger partial charge in [0, 0.05) is 50.6 Å². The van der Waals surface area contributed by atoms with Gasteiger partial charge in [-0.3, -0.25) is 0 Å². The summed E-state index contributed by atoms with van der Waals surface area (Å²) in [6.07, 6.45) is 4.97. The van der Waals surface area contributed by atoms with E-state index < -0.39 is 0 Å². The molecule has 0 fully saturated rings. The van der Waals surface area contributed by atoms with Crippen molar-refractivity contribution in [2.24, 2.45) is 5.92 Å². The van der Waals surface area contributed by atoms with Gasteiger partial charge in [0.2, 0.25) is 0 Å². The van der Waals surface area contributed by atoms with Crippen LogP contribution in [0, 0.1) is 18.7 Å². The Bertz CT molecular complexity index is 855. The molecule has 0 amide bonds. The van der Waals surface area contributed by atoms with Crippen molar-refractivity contribution in [2.45, 2.75) is 20.0 Å². The smallest absolute Gasteiger partial charge is 0.147 e. The highest BCUT2D eigenvalue weighted by Crippen LogP contribution is 2.18. The Balaban J connectivity index is 1.32. The van der Waals surface area contributed by atoms with Crippen LogP contribution in [0.3, 0.4) is 0 Å². The van der Waals surface area contributed by atoms with Gasteiger partial charge in [0.25, 0.3) is 0 Å². The molecule has 2 N–H and O–H groups in total. The van der Waals surface area contributed by atoms with Crippen LogP contribution in [0.15, 0.2) is 43.0 Å². The first-order valence-electron chi connectivity index (χ1n) is 8.45. The first kappa shape index (κ1) is 15.8. The van der Waals surface area contributed by atoms with Gasteiger partial charge < -0.3 is 15.2 Å². The number of rotatable bonds is 5. The Morgan fingerprint density at radius 2 is 2.28 bits per heavy atom. The number of fused-ring (bicyclic) bond motifs is 1. The van der Waals surface area contributed by atoms with Gasteiger partial charge in [0.05, 0.1) is 17.7 Å². The average Bonchev–Trinajstić information content (AvgIpc) is 3.23. The summed E-state index contributed by atoms with van der Waals surface area (Å²) in [6, 6.07) is 7.37. The average molecular weight is 340 g/mol. The predicted molar refractivity (Wildman–Crippen MR) is 94.2 cm³/mol. The zero-order valence-electron chi connectivity index (χ0n) is 14.1. The lowest BCUT2D eigenvalue weighted by Gasteiger charge is -2.25. The van der Waals surface area contributed by atoms with E-state index in [1.165, 1.54) is 0 Å². The molecule has 3 aromatic rings. The topological polar surface area (TPSA) is 59.7 Å². The largest absolute Gasteiger partial charge is 0.370 e. The zero-order valence-corrected chi connectivity index (χ0v) is 14.1. The van der Waals surface area contributed by atoms with Crippen LogP contribution < -0.4 is 10.6 Å². The monoisotopic (exact) mass is 340 g/mol. The molecule has 0 saturated heterocycles. The van der Waals surface area contributed by atoms with Crippen molar-refractivity contribution in [3.63, 3.8) is 0 Å². The number of imidazole rings is 1. The molecule has 1 aliphatic heterocycles. The molecule has 0 saturated carbocycles. The summed E-state index contributed by atoms with van der Waals surface area (Å²) >= 11 is 0. The quantitative estimate of drug-likeness (QED) is 0.748. The highest BCUT2D eigenvalue weighted by Gasteiger charge is 2.18. The molecule has 7 heteroatoms. The number of halogens is 1. The second kappa shape index (κ2) is 6.68. The Morgan fingerprint density at radius 3 is 3.08 bits per heavy atom. The van der Waals surface area contributed by atoms with Gasteiger partial charge in [-0.15, -0.1) is 0 Å². The molecular formula is C18H21FN6. The Labute approximate surface area is 145 Å². The van der Waals surface area contributed by atoms with Crippen LogP contribution in [0.2, 0.25) is 0 Å². The normalized spacial score (nSPS) is 16.5. The highest BCUT2D eigenvalue weighted by atomic mass is 19.1. The lowest BCUT2D eigenvalue weighted by atomic mass is 10.1. The standard InChI is InChI=1S/C18H21FN6/c1-13-6-18-22-10-15(11-25(18)23-13)9-21-8-14-2-3-17(16(19)7-14)24-5-4-20-12-24/h2-7,12,15,21-22H,8-11H2,1H3/t15-/m1/s1. The summed E-state index contributed by atoms with van der Waals surface area (Å²) in [5, 5.41) is 11.3. The zero-order chi connectivity index (χ0) is 17.2. The number of anilines is 1. The number of nitrogens with one attached hydrogen (secondary N) is 2. The number of benzene rings is 1. The van der Waals surface area contributed by atoms with Gasteiger partial charge >= 0.3 is 0 Å².